The summed E-state index contributed by atoms with van der Waals surface area (Å²) in [4.78, 5) is 15.0. The van der Waals surface area contributed by atoms with E-state index in [1.807, 2.05) is 24.3 Å². The summed E-state index contributed by atoms with van der Waals surface area (Å²) in [6.07, 6.45) is 3.73. The van der Waals surface area contributed by atoms with Crippen molar-refractivity contribution in [1.29, 1.82) is 0 Å². The van der Waals surface area contributed by atoms with Crippen molar-refractivity contribution >= 4 is 29.0 Å². The Morgan fingerprint density at radius 3 is 2.52 bits per heavy atom. The topological polar surface area (TPSA) is 89.1 Å². The molecule has 9 heteroatoms. The van der Waals surface area contributed by atoms with Crippen LogP contribution in [0, 0.1) is 5.82 Å². The molecular formula is C22H25FN6OS. The molecule has 0 radical (unpaired) electrons. The number of amides is 1. The number of nitrogens with one attached hydrogen (secondary N) is 1. The molecular weight excluding hydrogens is 415 g/mol. The zero-order valence-corrected chi connectivity index (χ0v) is 18.1. The van der Waals surface area contributed by atoms with Gasteiger partial charge in [-0.05, 0) is 62.6 Å². The molecule has 4 rings (SSSR count). The van der Waals surface area contributed by atoms with E-state index in [9.17, 15) is 9.18 Å². The number of rotatable bonds is 6. The molecule has 31 heavy (non-hydrogen) atoms. The third-order valence-electron chi connectivity index (χ3n) is 5.29. The Kier molecular flexibility index (Phi) is 6.41. The fourth-order valence-corrected chi connectivity index (χ4v) is 4.32. The van der Waals surface area contributed by atoms with Crippen LogP contribution in [-0.2, 0) is 4.79 Å². The fourth-order valence-electron chi connectivity index (χ4n) is 3.55. The van der Waals surface area contributed by atoms with E-state index < -0.39 is 11.1 Å². The van der Waals surface area contributed by atoms with E-state index in [0.29, 0.717) is 5.16 Å². The van der Waals surface area contributed by atoms with Crippen molar-refractivity contribution in [2.75, 3.05) is 29.1 Å². The number of carbonyl (C=O) groups is 1. The first kappa shape index (κ1) is 21.2. The van der Waals surface area contributed by atoms with Gasteiger partial charge in [-0.15, -0.1) is 10.2 Å². The maximum absolute atomic E-state index is 14.0. The highest BCUT2D eigenvalue weighted by Gasteiger charge is 2.21. The van der Waals surface area contributed by atoms with Crippen LogP contribution in [0.4, 0.5) is 15.8 Å². The molecule has 1 saturated heterocycles. The lowest BCUT2D eigenvalue weighted by Gasteiger charge is -2.28. The highest BCUT2D eigenvalue weighted by Crippen LogP contribution is 2.27. The molecule has 0 bridgehead atoms. The summed E-state index contributed by atoms with van der Waals surface area (Å²) >= 11 is 1.17. The van der Waals surface area contributed by atoms with E-state index in [0.717, 1.165) is 18.8 Å². The van der Waals surface area contributed by atoms with Gasteiger partial charge < -0.3 is 16.1 Å². The van der Waals surface area contributed by atoms with Crippen molar-refractivity contribution < 1.29 is 9.18 Å². The molecule has 1 fully saturated rings. The van der Waals surface area contributed by atoms with E-state index in [4.69, 9.17) is 5.84 Å². The Balaban J connectivity index is 1.38. The predicted molar refractivity (Wildman–Crippen MR) is 122 cm³/mol. The number of nitrogens with two attached hydrogens (primary N) is 1. The molecule has 1 aromatic heterocycles. The predicted octanol–water partition coefficient (Wildman–Crippen LogP) is 3.91. The minimum absolute atomic E-state index is 0.175. The first-order chi connectivity index (χ1) is 15.0. The quantitative estimate of drug-likeness (QED) is 0.446. The molecule has 0 aliphatic carbocycles. The van der Waals surface area contributed by atoms with E-state index in [2.05, 4.69) is 20.4 Å². The molecule has 1 aliphatic rings. The number of nitrogen functional groups attached to an aromatic ring is 1. The molecule has 1 aliphatic heterocycles. The van der Waals surface area contributed by atoms with Crippen LogP contribution in [-0.4, -0.2) is 39.1 Å². The summed E-state index contributed by atoms with van der Waals surface area (Å²) < 4.78 is 15.2. The second-order valence-corrected chi connectivity index (χ2v) is 8.81. The van der Waals surface area contributed by atoms with Gasteiger partial charge in [-0.3, -0.25) is 4.79 Å². The smallest absolute Gasteiger partial charge is 0.237 e. The van der Waals surface area contributed by atoms with E-state index in [1.165, 1.54) is 47.5 Å². The molecule has 1 unspecified atom stereocenters. The molecule has 0 spiro atoms. The Labute approximate surface area is 184 Å². The second-order valence-electron chi connectivity index (χ2n) is 7.50. The summed E-state index contributed by atoms with van der Waals surface area (Å²) in [5, 5.41) is 10.8. The van der Waals surface area contributed by atoms with Crippen molar-refractivity contribution in [3.8, 4) is 11.4 Å². The van der Waals surface area contributed by atoms with Gasteiger partial charge in [0.15, 0.2) is 5.82 Å². The third kappa shape index (κ3) is 4.82. The largest absolute Gasteiger partial charge is 0.372 e. The van der Waals surface area contributed by atoms with Gasteiger partial charge in [0.25, 0.3) is 0 Å². The Morgan fingerprint density at radius 2 is 1.81 bits per heavy atom. The molecule has 1 amide bonds. The number of hydrogen-bond donors (Lipinski definition) is 2. The average Bonchev–Trinajstić information content (AvgIpc) is 3.15. The number of thioether (sulfide) groups is 1. The number of benzene rings is 2. The SMILES string of the molecule is CC(Sc1nnc(-c2ccccc2F)n1N)C(=O)Nc1ccc(N2CCCCC2)cc1. The monoisotopic (exact) mass is 440 g/mol. The Hall–Kier alpha value is -3.07. The highest BCUT2D eigenvalue weighted by molar-refractivity contribution is 8.00. The number of hydrogen-bond acceptors (Lipinski definition) is 6. The molecule has 0 saturated carbocycles. The molecule has 2 aromatic carbocycles. The summed E-state index contributed by atoms with van der Waals surface area (Å²) in [6, 6.07) is 14.1. The summed E-state index contributed by atoms with van der Waals surface area (Å²) in [7, 11) is 0. The lowest BCUT2D eigenvalue weighted by Crippen LogP contribution is -2.29. The van der Waals surface area contributed by atoms with Crippen LogP contribution in [0.25, 0.3) is 11.4 Å². The molecule has 7 nitrogen and oxygen atoms in total. The van der Waals surface area contributed by atoms with Crippen molar-refractivity contribution in [3.05, 3.63) is 54.3 Å². The minimum Gasteiger partial charge on any atom is -0.372 e. The van der Waals surface area contributed by atoms with Gasteiger partial charge in [-0.1, -0.05) is 23.9 Å². The molecule has 3 aromatic rings. The number of nitrogens with zero attached hydrogens (tertiary/aromatic N) is 4. The first-order valence-corrected chi connectivity index (χ1v) is 11.2. The van der Waals surface area contributed by atoms with Crippen molar-refractivity contribution in [1.82, 2.24) is 14.9 Å². The molecule has 162 valence electrons. The van der Waals surface area contributed by atoms with Crippen LogP contribution in [0.3, 0.4) is 0 Å². The minimum atomic E-state index is -0.471. The summed E-state index contributed by atoms with van der Waals surface area (Å²) in [5.41, 5.74) is 2.17. The van der Waals surface area contributed by atoms with Crippen LogP contribution in [0.2, 0.25) is 0 Å². The van der Waals surface area contributed by atoms with Crippen LogP contribution in [0.15, 0.2) is 53.7 Å². The number of carbonyl (C=O) groups excluding carboxylic acids is 1. The van der Waals surface area contributed by atoms with Gasteiger partial charge in [0, 0.05) is 24.5 Å². The van der Waals surface area contributed by atoms with Gasteiger partial charge in [-0.2, -0.15) is 0 Å². The fraction of sp³-hybridized carbons (Fsp3) is 0.318. The summed E-state index contributed by atoms with van der Waals surface area (Å²) in [5.74, 6) is 5.66. The highest BCUT2D eigenvalue weighted by atomic mass is 32.2. The molecule has 3 N–H and O–H groups in total. The normalized spacial score (nSPS) is 15.0. The van der Waals surface area contributed by atoms with Crippen molar-refractivity contribution in [2.45, 2.75) is 36.6 Å². The van der Waals surface area contributed by atoms with Crippen LogP contribution in [0.5, 0.6) is 0 Å². The zero-order chi connectivity index (χ0) is 21.8. The van der Waals surface area contributed by atoms with Crippen LogP contribution >= 0.6 is 11.8 Å². The zero-order valence-electron chi connectivity index (χ0n) is 17.3. The van der Waals surface area contributed by atoms with Gasteiger partial charge >= 0.3 is 0 Å². The third-order valence-corrected chi connectivity index (χ3v) is 6.34. The van der Waals surface area contributed by atoms with Crippen LogP contribution < -0.4 is 16.1 Å². The average molecular weight is 441 g/mol. The number of piperidine rings is 1. The van der Waals surface area contributed by atoms with Gasteiger partial charge in [0.05, 0.1) is 10.8 Å². The number of anilines is 2. The number of aromatic nitrogens is 3. The van der Waals surface area contributed by atoms with Crippen LogP contribution in [0.1, 0.15) is 26.2 Å². The molecule has 1 atom stereocenters. The second kappa shape index (κ2) is 9.38. The van der Waals surface area contributed by atoms with E-state index in [1.54, 1.807) is 25.1 Å². The number of halogens is 1. The maximum atomic E-state index is 14.0. The van der Waals surface area contributed by atoms with Crippen molar-refractivity contribution in [2.24, 2.45) is 0 Å². The van der Waals surface area contributed by atoms with E-state index in [-0.39, 0.29) is 17.3 Å². The van der Waals surface area contributed by atoms with E-state index >= 15 is 0 Å². The Bertz CT molecular complexity index is 1050. The van der Waals surface area contributed by atoms with Gasteiger partial charge in [0.2, 0.25) is 11.1 Å². The molecule has 2 heterocycles. The lowest BCUT2D eigenvalue weighted by atomic mass is 10.1. The van der Waals surface area contributed by atoms with Gasteiger partial charge in [-0.25, -0.2) is 9.07 Å². The standard InChI is InChI=1S/C22H25FN6OS/c1-15(31-22-27-26-20(29(22)24)18-7-3-4-8-19(18)23)21(30)25-16-9-11-17(12-10-16)28-13-5-2-6-14-28/h3-4,7-12,15H,2,5-6,13-14,24H2,1H3,(H,25,30). The summed E-state index contributed by atoms with van der Waals surface area (Å²) in [6.45, 7) is 3.92. The maximum Gasteiger partial charge on any atom is 0.237 e. The van der Waals surface area contributed by atoms with Gasteiger partial charge in [0.1, 0.15) is 5.82 Å². The lowest BCUT2D eigenvalue weighted by molar-refractivity contribution is -0.115. The van der Waals surface area contributed by atoms with Crippen molar-refractivity contribution in [3.63, 3.8) is 0 Å². The Morgan fingerprint density at radius 1 is 1.10 bits per heavy atom. The first-order valence-electron chi connectivity index (χ1n) is 10.3.